The van der Waals surface area contributed by atoms with E-state index < -0.39 is 29.7 Å². The molecule has 0 radical (unpaired) electrons. The number of benzene rings is 1. The SMILES string of the molecule is CC(CC(=O)O)NC(=O)Nc1cc(Br)c(F)cc1F. The molecule has 0 aromatic heterocycles. The highest BCUT2D eigenvalue weighted by Crippen LogP contribution is 2.23. The molecule has 0 spiro atoms. The number of nitrogens with one attached hydrogen (secondary N) is 2. The first kappa shape index (κ1) is 15.4. The molecule has 0 aliphatic carbocycles. The Hall–Kier alpha value is -1.70. The summed E-state index contributed by atoms with van der Waals surface area (Å²) in [6.45, 7) is 1.49. The molecule has 8 heteroatoms. The third-order valence-electron chi connectivity index (χ3n) is 2.12. The summed E-state index contributed by atoms with van der Waals surface area (Å²) in [6, 6.07) is 0.308. The molecule has 1 rings (SSSR count). The third kappa shape index (κ3) is 4.82. The number of urea groups is 1. The summed E-state index contributed by atoms with van der Waals surface area (Å²) in [4.78, 5) is 21.9. The second kappa shape index (κ2) is 6.46. The number of rotatable bonds is 4. The van der Waals surface area contributed by atoms with E-state index in [1.807, 2.05) is 0 Å². The molecule has 0 fully saturated rings. The molecular formula is C11H11BrF2N2O3. The molecule has 0 aliphatic rings. The summed E-state index contributed by atoms with van der Waals surface area (Å²) in [6.07, 6.45) is -0.261. The summed E-state index contributed by atoms with van der Waals surface area (Å²) < 4.78 is 26.3. The molecule has 0 saturated heterocycles. The Labute approximate surface area is 116 Å². The van der Waals surface area contributed by atoms with E-state index in [1.54, 1.807) is 0 Å². The predicted octanol–water partition coefficient (Wildman–Crippen LogP) is 2.71. The molecule has 0 heterocycles. The number of hydrogen-bond donors (Lipinski definition) is 3. The quantitative estimate of drug-likeness (QED) is 0.739. The van der Waals surface area contributed by atoms with Crippen LogP contribution < -0.4 is 10.6 Å². The van der Waals surface area contributed by atoms with Gasteiger partial charge in [-0.1, -0.05) is 0 Å². The van der Waals surface area contributed by atoms with Crippen LogP contribution in [0.25, 0.3) is 0 Å². The minimum absolute atomic E-state index is 0.00258. The lowest BCUT2D eigenvalue weighted by molar-refractivity contribution is -0.137. The topological polar surface area (TPSA) is 78.4 Å². The molecule has 3 N–H and O–H groups in total. The van der Waals surface area contributed by atoms with Gasteiger partial charge in [-0.3, -0.25) is 4.79 Å². The van der Waals surface area contributed by atoms with Crippen molar-refractivity contribution in [2.24, 2.45) is 0 Å². The number of anilines is 1. The highest BCUT2D eigenvalue weighted by Gasteiger charge is 2.14. The van der Waals surface area contributed by atoms with Crippen LogP contribution in [0.15, 0.2) is 16.6 Å². The number of halogens is 3. The standard InChI is InChI=1S/C11H11BrF2N2O3/c1-5(2-10(17)18)15-11(19)16-9-3-6(12)7(13)4-8(9)14/h3-5H,2H2,1H3,(H,17,18)(H2,15,16,19). The molecule has 1 unspecified atom stereocenters. The molecule has 2 amide bonds. The molecule has 1 atom stereocenters. The van der Waals surface area contributed by atoms with E-state index in [4.69, 9.17) is 5.11 Å². The fraction of sp³-hybridized carbons (Fsp3) is 0.273. The molecular weight excluding hydrogens is 326 g/mol. The van der Waals surface area contributed by atoms with Crippen molar-refractivity contribution in [3.63, 3.8) is 0 Å². The van der Waals surface area contributed by atoms with Crippen LogP contribution in [0.4, 0.5) is 19.3 Å². The normalized spacial score (nSPS) is 11.8. The maximum atomic E-state index is 13.3. The highest BCUT2D eigenvalue weighted by atomic mass is 79.9. The maximum Gasteiger partial charge on any atom is 0.319 e. The summed E-state index contributed by atoms with van der Waals surface area (Å²) in [5.41, 5.74) is -0.215. The van der Waals surface area contributed by atoms with Crippen LogP contribution in [0.5, 0.6) is 0 Å². The molecule has 0 aliphatic heterocycles. The van der Waals surface area contributed by atoms with Crippen LogP contribution >= 0.6 is 15.9 Å². The second-order valence-corrected chi connectivity index (χ2v) is 4.70. The van der Waals surface area contributed by atoms with E-state index in [1.165, 1.54) is 6.92 Å². The van der Waals surface area contributed by atoms with Crippen molar-refractivity contribution in [2.45, 2.75) is 19.4 Å². The van der Waals surface area contributed by atoms with Gasteiger partial charge in [0.1, 0.15) is 11.6 Å². The summed E-state index contributed by atoms with van der Waals surface area (Å²) in [5, 5.41) is 13.0. The minimum atomic E-state index is -1.07. The van der Waals surface area contributed by atoms with Gasteiger partial charge in [0.2, 0.25) is 0 Å². The molecule has 5 nitrogen and oxygen atoms in total. The average Bonchev–Trinajstić information content (AvgIpc) is 2.24. The first-order chi connectivity index (χ1) is 8.79. The maximum absolute atomic E-state index is 13.3. The Kier molecular flexibility index (Phi) is 5.22. The first-order valence-electron chi connectivity index (χ1n) is 5.23. The monoisotopic (exact) mass is 336 g/mol. The highest BCUT2D eigenvalue weighted by molar-refractivity contribution is 9.10. The van der Waals surface area contributed by atoms with E-state index in [0.717, 1.165) is 6.07 Å². The van der Waals surface area contributed by atoms with Crippen molar-refractivity contribution in [2.75, 3.05) is 5.32 Å². The third-order valence-corrected chi connectivity index (χ3v) is 2.72. The Morgan fingerprint density at radius 1 is 1.37 bits per heavy atom. The van der Waals surface area contributed by atoms with Crippen molar-refractivity contribution in [1.82, 2.24) is 5.32 Å². The van der Waals surface area contributed by atoms with E-state index in [2.05, 4.69) is 26.6 Å². The predicted molar refractivity (Wildman–Crippen MR) is 67.9 cm³/mol. The number of carbonyl (C=O) groups excluding carboxylic acids is 1. The lowest BCUT2D eigenvalue weighted by Gasteiger charge is -2.13. The van der Waals surface area contributed by atoms with Crippen molar-refractivity contribution in [3.05, 3.63) is 28.2 Å². The van der Waals surface area contributed by atoms with Gasteiger partial charge in [-0.05, 0) is 28.9 Å². The van der Waals surface area contributed by atoms with Gasteiger partial charge in [0, 0.05) is 12.1 Å². The van der Waals surface area contributed by atoms with Gasteiger partial charge in [0.15, 0.2) is 0 Å². The van der Waals surface area contributed by atoms with Crippen molar-refractivity contribution < 1.29 is 23.5 Å². The molecule has 0 saturated carbocycles. The van der Waals surface area contributed by atoms with Crippen molar-refractivity contribution in [1.29, 1.82) is 0 Å². The van der Waals surface area contributed by atoms with Crippen LogP contribution in [0, 0.1) is 11.6 Å². The second-order valence-electron chi connectivity index (χ2n) is 3.84. The number of carbonyl (C=O) groups is 2. The number of aliphatic carboxylic acids is 1. The van der Waals surface area contributed by atoms with Crippen LogP contribution in [0.1, 0.15) is 13.3 Å². The zero-order valence-electron chi connectivity index (χ0n) is 9.84. The van der Waals surface area contributed by atoms with Crippen LogP contribution in [-0.4, -0.2) is 23.1 Å². The average molecular weight is 337 g/mol. The summed E-state index contributed by atoms with van der Waals surface area (Å²) in [7, 11) is 0. The number of carboxylic acid groups (broad SMARTS) is 1. The van der Waals surface area contributed by atoms with Crippen molar-refractivity contribution >= 4 is 33.6 Å². The van der Waals surface area contributed by atoms with Gasteiger partial charge < -0.3 is 15.7 Å². The van der Waals surface area contributed by atoms with Gasteiger partial charge >= 0.3 is 12.0 Å². The smallest absolute Gasteiger partial charge is 0.319 e. The molecule has 0 bridgehead atoms. The minimum Gasteiger partial charge on any atom is -0.481 e. The molecule has 1 aromatic rings. The first-order valence-corrected chi connectivity index (χ1v) is 6.02. The lowest BCUT2D eigenvalue weighted by atomic mass is 10.2. The van der Waals surface area contributed by atoms with Crippen molar-refractivity contribution in [3.8, 4) is 0 Å². The molecule has 1 aromatic carbocycles. The number of carboxylic acids is 1. The van der Waals surface area contributed by atoms with Gasteiger partial charge in [-0.15, -0.1) is 0 Å². The Bertz CT molecular complexity index is 511. The number of hydrogen-bond acceptors (Lipinski definition) is 2. The van der Waals surface area contributed by atoms with E-state index >= 15 is 0 Å². The Morgan fingerprint density at radius 3 is 2.58 bits per heavy atom. The zero-order valence-corrected chi connectivity index (χ0v) is 11.4. The fourth-order valence-electron chi connectivity index (χ4n) is 1.31. The largest absolute Gasteiger partial charge is 0.481 e. The van der Waals surface area contributed by atoms with Gasteiger partial charge in [-0.25, -0.2) is 13.6 Å². The fourth-order valence-corrected chi connectivity index (χ4v) is 1.66. The van der Waals surface area contributed by atoms with Crippen LogP contribution in [-0.2, 0) is 4.79 Å². The van der Waals surface area contributed by atoms with Gasteiger partial charge in [0.25, 0.3) is 0 Å². The van der Waals surface area contributed by atoms with Crippen LogP contribution in [0.3, 0.4) is 0 Å². The van der Waals surface area contributed by atoms with E-state index in [9.17, 15) is 18.4 Å². The van der Waals surface area contributed by atoms with E-state index in [0.29, 0.717) is 6.07 Å². The Balaban J connectivity index is 2.67. The zero-order chi connectivity index (χ0) is 14.6. The summed E-state index contributed by atoms with van der Waals surface area (Å²) in [5.74, 6) is -2.78. The van der Waals surface area contributed by atoms with Gasteiger partial charge in [-0.2, -0.15) is 0 Å². The van der Waals surface area contributed by atoms with Crippen LogP contribution in [0.2, 0.25) is 0 Å². The van der Waals surface area contributed by atoms with E-state index in [-0.39, 0.29) is 16.6 Å². The lowest BCUT2D eigenvalue weighted by Crippen LogP contribution is -2.37. The number of amides is 2. The van der Waals surface area contributed by atoms with Gasteiger partial charge in [0.05, 0.1) is 16.6 Å². The molecule has 104 valence electrons. The molecule has 19 heavy (non-hydrogen) atoms. The summed E-state index contributed by atoms with van der Waals surface area (Å²) >= 11 is 2.86. The Morgan fingerprint density at radius 2 is 2.00 bits per heavy atom.